The molecular weight excluding hydrogens is 326 g/mol. The molecule has 2 aliphatic heterocycles. The highest BCUT2D eigenvalue weighted by Gasteiger charge is 2.40. The van der Waals surface area contributed by atoms with E-state index in [0.29, 0.717) is 11.8 Å². The fourth-order valence-electron chi connectivity index (χ4n) is 4.76. The van der Waals surface area contributed by atoms with Gasteiger partial charge in [0.25, 0.3) is 5.56 Å². The van der Waals surface area contributed by atoms with Crippen LogP contribution in [0.5, 0.6) is 0 Å². The fourth-order valence-corrected chi connectivity index (χ4v) is 4.76. The Kier molecular flexibility index (Phi) is 4.71. The van der Waals surface area contributed by atoms with Crippen molar-refractivity contribution in [3.8, 4) is 0 Å². The van der Waals surface area contributed by atoms with Gasteiger partial charge in [0.05, 0.1) is 18.1 Å². The first kappa shape index (κ1) is 17.5. The molecule has 26 heavy (non-hydrogen) atoms. The summed E-state index contributed by atoms with van der Waals surface area (Å²) < 4.78 is 4.21. The van der Waals surface area contributed by atoms with Crippen molar-refractivity contribution in [1.29, 1.82) is 0 Å². The highest BCUT2D eigenvalue weighted by Crippen LogP contribution is 2.41. The lowest BCUT2D eigenvalue weighted by atomic mass is 9.78. The highest BCUT2D eigenvalue weighted by atomic mass is 16.1. The molecule has 1 fully saturated rings. The molecule has 2 bridgehead atoms. The number of imidazole rings is 1. The van der Waals surface area contributed by atoms with Crippen LogP contribution in [0.3, 0.4) is 0 Å². The van der Waals surface area contributed by atoms with E-state index < -0.39 is 0 Å². The van der Waals surface area contributed by atoms with Crippen LogP contribution in [0.2, 0.25) is 0 Å². The molecule has 0 aliphatic carbocycles. The molecule has 2 aromatic rings. The van der Waals surface area contributed by atoms with E-state index in [4.69, 9.17) is 0 Å². The van der Waals surface area contributed by atoms with Crippen LogP contribution < -0.4 is 5.56 Å². The topological polar surface area (TPSA) is 46.3 Å². The number of hydrogen-bond acceptors (Lipinski definition) is 4. The van der Waals surface area contributed by atoms with Crippen molar-refractivity contribution in [3.05, 3.63) is 52.5 Å². The number of likely N-dealkylation sites (tertiary alicyclic amines) is 1. The lowest BCUT2D eigenvalue weighted by Gasteiger charge is -2.47. The number of pyridine rings is 1. The first-order valence-electron chi connectivity index (χ1n) is 9.64. The first-order valence-corrected chi connectivity index (χ1v) is 9.64. The van der Waals surface area contributed by atoms with Gasteiger partial charge in [-0.15, -0.1) is 0 Å². The van der Waals surface area contributed by atoms with Crippen LogP contribution in [-0.2, 0) is 13.1 Å². The molecule has 0 amide bonds. The van der Waals surface area contributed by atoms with Crippen molar-refractivity contribution in [2.45, 2.75) is 38.4 Å². The second-order valence-electron chi connectivity index (χ2n) is 8.07. The summed E-state index contributed by atoms with van der Waals surface area (Å²) in [6.07, 6.45) is 5.26. The smallest absolute Gasteiger partial charge is 0.251 e. The number of fused-ring (bicyclic) bond motifs is 4. The Bertz CT molecular complexity index is 824. The number of piperidine rings is 1. The fraction of sp³-hybridized carbons (Fsp3) is 0.600. The van der Waals surface area contributed by atoms with Gasteiger partial charge in [-0.05, 0) is 39.4 Å². The Morgan fingerprint density at radius 2 is 2.12 bits per heavy atom. The third-order valence-electron chi connectivity index (χ3n) is 5.86. The summed E-state index contributed by atoms with van der Waals surface area (Å²) in [7, 11) is 4.19. The summed E-state index contributed by atoms with van der Waals surface area (Å²) in [5.74, 6) is 0.950. The molecule has 0 unspecified atom stereocenters. The molecule has 2 aliphatic rings. The van der Waals surface area contributed by atoms with Crippen molar-refractivity contribution >= 4 is 0 Å². The normalized spacial score (nSPS) is 25.5. The van der Waals surface area contributed by atoms with E-state index >= 15 is 0 Å². The van der Waals surface area contributed by atoms with Crippen LogP contribution >= 0.6 is 0 Å². The lowest BCUT2D eigenvalue weighted by Crippen LogP contribution is -2.51. The Morgan fingerprint density at radius 1 is 1.27 bits per heavy atom. The Balaban J connectivity index is 1.62. The van der Waals surface area contributed by atoms with Gasteiger partial charge in [0.15, 0.2) is 0 Å². The maximum Gasteiger partial charge on any atom is 0.251 e. The summed E-state index contributed by atoms with van der Waals surface area (Å²) in [6.45, 7) is 6.94. The van der Waals surface area contributed by atoms with Gasteiger partial charge in [0, 0.05) is 56.6 Å². The average Bonchev–Trinajstić information content (AvgIpc) is 3.06. The van der Waals surface area contributed by atoms with Crippen LogP contribution in [0.25, 0.3) is 0 Å². The second-order valence-corrected chi connectivity index (χ2v) is 8.07. The molecule has 6 heteroatoms. The predicted molar refractivity (Wildman–Crippen MR) is 102 cm³/mol. The van der Waals surface area contributed by atoms with Crippen LogP contribution in [-0.4, -0.2) is 57.6 Å². The summed E-state index contributed by atoms with van der Waals surface area (Å²) in [6, 6.07) is 6.03. The zero-order valence-corrected chi connectivity index (χ0v) is 16.0. The molecule has 4 rings (SSSR count). The monoisotopic (exact) mass is 355 g/mol. The van der Waals surface area contributed by atoms with Gasteiger partial charge in [-0.3, -0.25) is 9.69 Å². The van der Waals surface area contributed by atoms with E-state index in [9.17, 15) is 4.79 Å². The van der Waals surface area contributed by atoms with Crippen molar-refractivity contribution in [2.24, 2.45) is 5.92 Å². The van der Waals surface area contributed by atoms with Gasteiger partial charge in [-0.1, -0.05) is 6.07 Å². The van der Waals surface area contributed by atoms with Crippen molar-refractivity contribution < 1.29 is 0 Å². The van der Waals surface area contributed by atoms with Crippen LogP contribution in [0.1, 0.15) is 36.7 Å². The molecule has 3 atom stereocenters. The van der Waals surface area contributed by atoms with Gasteiger partial charge in [-0.25, -0.2) is 4.98 Å². The van der Waals surface area contributed by atoms with Gasteiger partial charge in [0.1, 0.15) is 0 Å². The van der Waals surface area contributed by atoms with Crippen molar-refractivity contribution in [2.75, 3.05) is 33.7 Å². The molecule has 2 aromatic heterocycles. The zero-order chi connectivity index (χ0) is 18.3. The zero-order valence-electron chi connectivity index (χ0n) is 16.0. The Hall–Kier alpha value is -1.92. The van der Waals surface area contributed by atoms with Crippen molar-refractivity contribution in [3.63, 3.8) is 0 Å². The van der Waals surface area contributed by atoms with Crippen LogP contribution in [0.4, 0.5) is 0 Å². The molecule has 1 saturated heterocycles. The second kappa shape index (κ2) is 7.00. The Labute approximate surface area is 155 Å². The number of likely N-dealkylation sites (N-methyl/N-ethyl adjacent to an activating group) is 1. The quantitative estimate of drug-likeness (QED) is 0.820. The number of hydrogen-bond donors (Lipinski definition) is 0. The summed E-state index contributed by atoms with van der Waals surface area (Å²) in [5, 5.41) is 0. The lowest BCUT2D eigenvalue weighted by molar-refractivity contribution is 0.0736. The predicted octanol–water partition coefficient (Wildman–Crippen LogP) is 1.79. The third kappa shape index (κ3) is 3.23. The minimum Gasteiger partial charge on any atom is -0.337 e. The third-order valence-corrected chi connectivity index (χ3v) is 5.86. The van der Waals surface area contributed by atoms with E-state index in [-0.39, 0.29) is 11.6 Å². The van der Waals surface area contributed by atoms with Gasteiger partial charge in [-0.2, -0.15) is 0 Å². The number of aromatic nitrogens is 3. The molecule has 0 radical (unpaired) electrons. The van der Waals surface area contributed by atoms with Gasteiger partial charge < -0.3 is 14.0 Å². The van der Waals surface area contributed by atoms with E-state index in [1.165, 1.54) is 12.1 Å². The van der Waals surface area contributed by atoms with Crippen LogP contribution in [0, 0.1) is 5.92 Å². The number of aryl methyl sites for hydroxylation is 1. The van der Waals surface area contributed by atoms with Crippen LogP contribution in [0.15, 0.2) is 35.5 Å². The van der Waals surface area contributed by atoms with Gasteiger partial charge in [0.2, 0.25) is 0 Å². The van der Waals surface area contributed by atoms with Crippen molar-refractivity contribution in [1.82, 2.24) is 23.9 Å². The molecule has 0 aromatic carbocycles. The SMILES string of the molecule is CCn1cnc(CN2C[C@H]3C[C@@H](C2)[C@H](CN(C)C)n2c3cccc2=O)c1. The molecule has 6 nitrogen and oxygen atoms in total. The maximum absolute atomic E-state index is 12.6. The number of nitrogens with zero attached hydrogens (tertiary/aromatic N) is 5. The molecular formula is C20H29N5O. The summed E-state index contributed by atoms with van der Waals surface area (Å²) in [5.41, 5.74) is 2.50. The van der Waals surface area contributed by atoms with Gasteiger partial charge >= 0.3 is 0 Å². The summed E-state index contributed by atoms with van der Waals surface area (Å²) >= 11 is 0. The average molecular weight is 355 g/mol. The van der Waals surface area contributed by atoms with E-state index in [2.05, 4.69) is 57.2 Å². The first-order chi connectivity index (χ1) is 12.5. The molecule has 4 heterocycles. The van der Waals surface area contributed by atoms with E-state index in [1.807, 2.05) is 12.4 Å². The molecule has 140 valence electrons. The largest absolute Gasteiger partial charge is 0.337 e. The summed E-state index contributed by atoms with van der Waals surface area (Å²) in [4.78, 5) is 21.9. The Morgan fingerprint density at radius 3 is 2.85 bits per heavy atom. The molecule has 0 N–H and O–H groups in total. The minimum absolute atomic E-state index is 0.152. The minimum atomic E-state index is 0.152. The van der Waals surface area contributed by atoms with E-state index in [1.54, 1.807) is 6.07 Å². The molecule has 0 spiro atoms. The maximum atomic E-state index is 12.6. The molecule has 0 saturated carbocycles. The number of rotatable bonds is 5. The standard InChI is InChI=1S/C20H29N5O/c1-4-23-11-17(21-14-23)12-24-9-15-8-16(10-24)19(13-22(2)3)25-18(15)6-5-7-20(25)26/h5-7,11,14-16,19H,4,8-10,12-13H2,1-3H3/t15-,16+,19+/m1/s1. The van der Waals surface area contributed by atoms with E-state index in [0.717, 1.165) is 38.4 Å². The highest BCUT2D eigenvalue weighted by molar-refractivity contribution is 5.19.